The first kappa shape index (κ1) is 21.7. The van der Waals surface area contributed by atoms with Crippen LogP contribution < -0.4 is 15.0 Å². The van der Waals surface area contributed by atoms with Gasteiger partial charge in [-0.3, -0.25) is 0 Å². The number of nitrogens with zero attached hydrogens (tertiary/aromatic N) is 4. The van der Waals surface area contributed by atoms with Crippen LogP contribution in [0.2, 0.25) is 10.0 Å². The molecule has 2 aromatic carbocycles. The van der Waals surface area contributed by atoms with E-state index in [-0.39, 0.29) is 0 Å². The Kier molecular flexibility index (Phi) is 6.80. The van der Waals surface area contributed by atoms with Crippen LogP contribution in [0.25, 0.3) is 0 Å². The Morgan fingerprint density at radius 1 is 1.00 bits per heavy atom. The fraction of sp³-hybridized carbons (Fsp3) is 0.304. The summed E-state index contributed by atoms with van der Waals surface area (Å²) in [5.41, 5.74) is 3.90. The van der Waals surface area contributed by atoms with Gasteiger partial charge in [-0.1, -0.05) is 29.3 Å². The van der Waals surface area contributed by atoms with Gasteiger partial charge in [0.1, 0.15) is 5.75 Å². The van der Waals surface area contributed by atoms with Crippen molar-refractivity contribution < 1.29 is 4.74 Å². The lowest BCUT2D eigenvalue weighted by Crippen LogP contribution is -2.44. The maximum absolute atomic E-state index is 6.35. The number of piperazine rings is 1. The Labute approximate surface area is 192 Å². The van der Waals surface area contributed by atoms with Crippen LogP contribution in [0, 0.1) is 0 Å². The van der Waals surface area contributed by atoms with Gasteiger partial charge in [0.25, 0.3) is 0 Å². The number of aromatic nitrogens is 2. The SMILES string of the molecule is COc1cc(Cc2nc(Nc3ccc(N4CCN(C)CC4)cc3)ncc2Cl)ccc1Cl. The molecule has 0 atom stereocenters. The first-order valence-electron chi connectivity index (χ1n) is 10.2. The molecule has 0 aliphatic carbocycles. The maximum atomic E-state index is 6.35. The number of methoxy groups -OCH3 is 1. The molecule has 2 heterocycles. The van der Waals surface area contributed by atoms with Crippen molar-refractivity contribution in [2.75, 3.05) is 50.6 Å². The van der Waals surface area contributed by atoms with Gasteiger partial charge in [0.15, 0.2) is 0 Å². The van der Waals surface area contributed by atoms with Gasteiger partial charge in [-0.05, 0) is 49.0 Å². The molecule has 0 unspecified atom stereocenters. The Bertz CT molecular complexity index is 1040. The molecule has 1 N–H and O–H groups in total. The summed E-state index contributed by atoms with van der Waals surface area (Å²) < 4.78 is 5.30. The molecule has 1 aliphatic rings. The van der Waals surface area contributed by atoms with Crippen molar-refractivity contribution in [3.05, 3.63) is 70.0 Å². The molecule has 0 amide bonds. The minimum absolute atomic E-state index is 0.507. The van der Waals surface area contributed by atoms with Crippen LogP contribution in [0.4, 0.5) is 17.3 Å². The largest absolute Gasteiger partial charge is 0.495 e. The zero-order valence-electron chi connectivity index (χ0n) is 17.6. The van der Waals surface area contributed by atoms with Crippen molar-refractivity contribution >= 4 is 40.5 Å². The zero-order valence-corrected chi connectivity index (χ0v) is 19.1. The molecule has 162 valence electrons. The van der Waals surface area contributed by atoms with Gasteiger partial charge in [0, 0.05) is 44.0 Å². The molecule has 1 fully saturated rings. The highest BCUT2D eigenvalue weighted by Gasteiger charge is 2.14. The molecule has 1 aromatic heterocycles. The van der Waals surface area contributed by atoms with E-state index in [1.165, 1.54) is 5.69 Å². The molecule has 0 radical (unpaired) electrons. The van der Waals surface area contributed by atoms with Crippen LogP contribution in [0.1, 0.15) is 11.3 Å². The van der Waals surface area contributed by atoms with E-state index in [1.807, 2.05) is 18.2 Å². The summed E-state index contributed by atoms with van der Waals surface area (Å²) in [4.78, 5) is 13.7. The second kappa shape index (κ2) is 9.73. The monoisotopic (exact) mass is 457 g/mol. The highest BCUT2D eigenvalue weighted by atomic mass is 35.5. The van der Waals surface area contributed by atoms with Gasteiger partial charge in [0.05, 0.1) is 29.0 Å². The smallest absolute Gasteiger partial charge is 0.227 e. The van der Waals surface area contributed by atoms with E-state index < -0.39 is 0 Å². The van der Waals surface area contributed by atoms with Gasteiger partial charge in [-0.15, -0.1) is 0 Å². The minimum atomic E-state index is 0.507. The topological polar surface area (TPSA) is 53.5 Å². The third-order valence-electron chi connectivity index (χ3n) is 5.40. The van der Waals surface area contributed by atoms with Gasteiger partial charge >= 0.3 is 0 Å². The zero-order chi connectivity index (χ0) is 21.8. The molecule has 0 bridgehead atoms. The molecule has 0 spiro atoms. The molecule has 8 heteroatoms. The summed E-state index contributed by atoms with van der Waals surface area (Å²) in [6.45, 7) is 4.26. The van der Waals surface area contributed by atoms with Crippen LogP contribution in [-0.2, 0) is 6.42 Å². The number of halogens is 2. The summed E-state index contributed by atoms with van der Waals surface area (Å²) in [5.74, 6) is 1.14. The normalized spacial score (nSPS) is 14.5. The highest BCUT2D eigenvalue weighted by molar-refractivity contribution is 6.32. The predicted molar refractivity (Wildman–Crippen MR) is 127 cm³/mol. The fourth-order valence-electron chi connectivity index (χ4n) is 3.54. The average molecular weight is 458 g/mol. The summed E-state index contributed by atoms with van der Waals surface area (Å²) in [6, 6.07) is 14.0. The number of ether oxygens (including phenoxy) is 1. The number of hydrogen-bond donors (Lipinski definition) is 1. The number of anilines is 3. The third-order valence-corrected chi connectivity index (χ3v) is 6.02. The van der Waals surface area contributed by atoms with Gasteiger partial charge in [-0.25, -0.2) is 9.97 Å². The molecule has 6 nitrogen and oxygen atoms in total. The summed E-state index contributed by atoms with van der Waals surface area (Å²) in [7, 11) is 3.76. The standard InChI is InChI=1S/C23H25Cl2N5O/c1-29-9-11-30(12-10-29)18-6-4-17(5-7-18)27-23-26-15-20(25)21(28-23)13-16-3-8-19(24)22(14-16)31-2/h3-8,14-15H,9-13H2,1-2H3,(H,26,27,28). The van der Waals surface area contributed by atoms with E-state index in [1.54, 1.807) is 13.3 Å². The lowest BCUT2D eigenvalue weighted by Gasteiger charge is -2.34. The lowest BCUT2D eigenvalue weighted by molar-refractivity contribution is 0.313. The summed E-state index contributed by atoms with van der Waals surface area (Å²) in [6.07, 6.45) is 2.17. The van der Waals surface area contributed by atoms with Crippen LogP contribution in [-0.4, -0.2) is 55.2 Å². The van der Waals surface area contributed by atoms with Gasteiger partial charge in [-0.2, -0.15) is 0 Å². The first-order chi connectivity index (χ1) is 15.0. The van der Waals surface area contributed by atoms with Crippen molar-refractivity contribution in [1.82, 2.24) is 14.9 Å². The van der Waals surface area contributed by atoms with E-state index in [4.69, 9.17) is 27.9 Å². The van der Waals surface area contributed by atoms with Crippen LogP contribution in [0.3, 0.4) is 0 Å². The summed E-state index contributed by atoms with van der Waals surface area (Å²) >= 11 is 12.5. The molecule has 31 heavy (non-hydrogen) atoms. The number of likely N-dealkylation sites (N-methyl/N-ethyl adjacent to an activating group) is 1. The number of benzene rings is 2. The fourth-order valence-corrected chi connectivity index (χ4v) is 3.90. The van der Waals surface area contributed by atoms with Crippen molar-refractivity contribution in [1.29, 1.82) is 0 Å². The summed E-state index contributed by atoms with van der Waals surface area (Å²) in [5, 5.41) is 4.36. The quantitative estimate of drug-likeness (QED) is 0.569. The van der Waals surface area contributed by atoms with E-state index in [9.17, 15) is 0 Å². The number of nitrogens with one attached hydrogen (secondary N) is 1. The van der Waals surface area contributed by atoms with Crippen molar-refractivity contribution in [3.63, 3.8) is 0 Å². The second-order valence-corrected chi connectivity index (χ2v) is 8.41. The van der Waals surface area contributed by atoms with Crippen LogP contribution >= 0.6 is 23.2 Å². The van der Waals surface area contributed by atoms with E-state index in [0.717, 1.165) is 43.1 Å². The maximum Gasteiger partial charge on any atom is 0.227 e. The molecule has 1 saturated heterocycles. The third kappa shape index (κ3) is 5.39. The Hall–Kier alpha value is -2.54. The van der Waals surface area contributed by atoms with E-state index in [2.05, 4.69) is 56.4 Å². The molecule has 3 aromatic rings. The minimum Gasteiger partial charge on any atom is -0.495 e. The molecule has 1 aliphatic heterocycles. The van der Waals surface area contributed by atoms with Crippen molar-refractivity contribution in [3.8, 4) is 5.75 Å². The van der Waals surface area contributed by atoms with E-state index in [0.29, 0.717) is 28.2 Å². The molecule has 0 saturated carbocycles. The number of rotatable bonds is 6. The van der Waals surface area contributed by atoms with Crippen molar-refractivity contribution in [2.24, 2.45) is 0 Å². The molecule has 4 rings (SSSR count). The lowest BCUT2D eigenvalue weighted by atomic mass is 10.1. The van der Waals surface area contributed by atoms with Crippen molar-refractivity contribution in [2.45, 2.75) is 6.42 Å². The Morgan fingerprint density at radius 3 is 2.45 bits per heavy atom. The predicted octanol–water partition coefficient (Wildman–Crippen LogP) is 4.88. The van der Waals surface area contributed by atoms with Gasteiger partial charge < -0.3 is 19.9 Å². The van der Waals surface area contributed by atoms with Gasteiger partial charge in [0.2, 0.25) is 5.95 Å². The molecular weight excluding hydrogens is 433 g/mol. The number of hydrogen-bond acceptors (Lipinski definition) is 6. The Balaban J connectivity index is 1.46. The molecular formula is C23H25Cl2N5O. The Morgan fingerprint density at radius 2 is 1.74 bits per heavy atom. The average Bonchev–Trinajstić information content (AvgIpc) is 2.78. The van der Waals surface area contributed by atoms with E-state index >= 15 is 0 Å². The second-order valence-electron chi connectivity index (χ2n) is 7.60. The van der Waals surface area contributed by atoms with Crippen LogP contribution in [0.15, 0.2) is 48.7 Å². The highest BCUT2D eigenvalue weighted by Crippen LogP contribution is 2.28. The van der Waals surface area contributed by atoms with Crippen LogP contribution in [0.5, 0.6) is 5.75 Å². The first-order valence-corrected chi connectivity index (χ1v) is 10.9.